The van der Waals surface area contributed by atoms with Crippen molar-refractivity contribution in [2.24, 2.45) is 0 Å². The molecule has 1 aliphatic rings. The smallest absolute Gasteiger partial charge is 0.410 e. The number of nitrogens with zero attached hydrogens (tertiary/aromatic N) is 1. The minimum Gasteiger partial charge on any atom is -0.444 e. The zero-order chi connectivity index (χ0) is 14.6. The second-order valence-corrected chi connectivity index (χ2v) is 7.19. The zero-order valence-electron chi connectivity index (χ0n) is 12.5. The topological polar surface area (TPSA) is 29.5 Å². The van der Waals surface area contributed by atoms with Crippen LogP contribution in [0.3, 0.4) is 0 Å². The molecule has 1 saturated heterocycles. The molecule has 1 unspecified atom stereocenters. The molecule has 4 heteroatoms. The van der Waals surface area contributed by atoms with Gasteiger partial charge in [-0.15, -0.1) is 11.8 Å². The Kier molecular flexibility index (Phi) is 4.97. The highest BCUT2D eigenvalue weighted by Gasteiger charge is 2.31. The second-order valence-electron chi connectivity index (χ2n) is 6.09. The Hall–Kier alpha value is -1.16. The molecular weight excluding hydrogens is 270 g/mol. The molecule has 110 valence electrons. The number of carbonyl (C=O) groups is 1. The van der Waals surface area contributed by atoms with Crippen LogP contribution in [0.15, 0.2) is 35.2 Å². The number of hydrogen-bond donors (Lipinski definition) is 0. The van der Waals surface area contributed by atoms with Crippen molar-refractivity contribution in [3.05, 3.63) is 30.3 Å². The van der Waals surface area contributed by atoms with Crippen molar-refractivity contribution >= 4 is 17.9 Å². The van der Waals surface area contributed by atoms with Crippen LogP contribution in [-0.4, -0.2) is 34.9 Å². The lowest BCUT2D eigenvalue weighted by Gasteiger charge is -2.28. The molecule has 20 heavy (non-hydrogen) atoms. The van der Waals surface area contributed by atoms with Gasteiger partial charge in [-0.3, -0.25) is 0 Å². The Morgan fingerprint density at radius 1 is 1.35 bits per heavy atom. The normalized spacial score (nSPS) is 19.1. The predicted octanol–water partition coefficient (Wildman–Crippen LogP) is 4.18. The van der Waals surface area contributed by atoms with Crippen LogP contribution in [0, 0.1) is 0 Å². The van der Waals surface area contributed by atoms with Crippen molar-refractivity contribution in [1.82, 2.24) is 4.90 Å². The first-order valence-electron chi connectivity index (χ1n) is 7.13. The van der Waals surface area contributed by atoms with Gasteiger partial charge in [0.25, 0.3) is 0 Å². The molecule has 1 aromatic carbocycles. The molecule has 0 aliphatic carbocycles. The van der Waals surface area contributed by atoms with Crippen LogP contribution < -0.4 is 0 Å². The van der Waals surface area contributed by atoms with Gasteiger partial charge in [0.2, 0.25) is 0 Å². The van der Waals surface area contributed by atoms with E-state index in [2.05, 4.69) is 12.1 Å². The fourth-order valence-electron chi connectivity index (χ4n) is 2.28. The van der Waals surface area contributed by atoms with Crippen LogP contribution in [-0.2, 0) is 4.74 Å². The summed E-state index contributed by atoms with van der Waals surface area (Å²) in [7, 11) is 0. The molecule has 0 radical (unpaired) electrons. The molecule has 1 heterocycles. The summed E-state index contributed by atoms with van der Waals surface area (Å²) in [6.07, 6.45) is 1.96. The van der Waals surface area contributed by atoms with Crippen LogP contribution in [0.25, 0.3) is 0 Å². The maximum absolute atomic E-state index is 12.2. The van der Waals surface area contributed by atoms with E-state index in [1.165, 1.54) is 4.90 Å². The zero-order valence-corrected chi connectivity index (χ0v) is 13.3. The fourth-order valence-corrected chi connectivity index (χ4v) is 3.36. The number of thioether (sulfide) groups is 1. The molecule has 0 spiro atoms. The number of hydrogen-bond acceptors (Lipinski definition) is 3. The number of likely N-dealkylation sites (tertiary alicyclic amines) is 1. The Morgan fingerprint density at radius 2 is 2.05 bits per heavy atom. The van der Waals surface area contributed by atoms with E-state index in [9.17, 15) is 4.79 Å². The summed E-state index contributed by atoms with van der Waals surface area (Å²) in [6.45, 7) is 6.55. The third-order valence-electron chi connectivity index (χ3n) is 3.19. The highest BCUT2D eigenvalue weighted by atomic mass is 32.2. The van der Waals surface area contributed by atoms with E-state index >= 15 is 0 Å². The molecule has 1 fully saturated rings. The van der Waals surface area contributed by atoms with Crippen molar-refractivity contribution in [3.63, 3.8) is 0 Å². The Morgan fingerprint density at radius 3 is 2.70 bits per heavy atom. The first-order valence-corrected chi connectivity index (χ1v) is 8.12. The summed E-state index contributed by atoms with van der Waals surface area (Å²) in [5.74, 6) is 0.934. The average molecular weight is 293 g/mol. The van der Waals surface area contributed by atoms with Gasteiger partial charge in [-0.1, -0.05) is 18.2 Å². The van der Waals surface area contributed by atoms with Crippen LogP contribution in [0.2, 0.25) is 0 Å². The third kappa shape index (κ3) is 4.44. The van der Waals surface area contributed by atoms with Crippen molar-refractivity contribution < 1.29 is 9.53 Å². The van der Waals surface area contributed by atoms with Crippen LogP contribution in [0.1, 0.15) is 33.6 Å². The maximum Gasteiger partial charge on any atom is 0.410 e. The average Bonchev–Trinajstić information content (AvgIpc) is 2.84. The molecule has 1 aromatic rings. The van der Waals surface area contributed by atoms with Crippen molar-refractivity contribution in [2.75, 3.05) is 12.3 Å². The molecule has 1 amide bonds. The van der Waals surface area contributed by atoms with Gasteiger partial charge in [0.05, 0.1) is 0 Å². The van der Waals surface area contributed by atoms with E-state index in [0.29, 0.717) is 0 Å². The largest absolute Gasteiger partial charge is 0.444 e. The molecule has 2 rings (SSSR count). The molecule has 0 N–H and O–H groups in total. The maximum atomic E-state index is 12.2. The highest BCUT2D eigenvalue weighted by molar-refractivity contribution is 7.99. The van der Waals surface area contributed by atoms with E-state index in [4.69, 9.17) is 4.74 Å². The number of rotatable bonds is 3. The van der Waals surface area contributed by atoms with Gasteiger partial charge in [0.1, 0.15) is 5.60 Å². The van der Waals surface area contributed by atoms with Crippen LogP contribution in [0.5, 0.6) is 0 Å². The van der Waals surface area contributed by atoms with Crippen molar-refractivity contribution in [3.8, 4) is 0 Å². The SMILES string of the molecule is CC(C)(C)OC(=O)N1CCCC1CSc1ccccc1. The molecular formula is C16H23NO2S. The van der Waals surface area contributed by atoms with Gasteiger partial charge in [-0.05, 0) is 45.7 Å². The van der Waals surface area contributed by atoms with Crippen molar-refractivity contribution in [2.45, 2.75) is 50.2 Å². The lowest BCUT2D eigenvalue weighted by molar-refractivity contribution is 0.0242. The summed E-state index contributed by atoms with van der Waals surface area (Å²) < 4.78 is 5.48. The van der Waals surface area contributed by atoms with E-state index in [0.717, 1.165) is 25.1 Å². The minimum atomic E-state index is -0.420. The number of ether oxygens (including phenoxy) is 1. The van der Waals surface area contributed by atoms with Gasteiger partial charge in [0.15, 0.2) is 0 Å². The Bertz CT molecular complexity index is 442. The fraction of sp³-hybridized carbons (Fsp3) is 0.562. The first-order chi connectivity index (χ1) is 9.46. The number of amides is 1. The Balaban J connectivity index is 1.89. The van der Waals surface area contributed by atoms with Crippen molar-refractivity contribution in [1.29, 1.82) is 0 Å². The summed E-state index contributed by atoms with van der Waals surface area (Å²) in [4.78, 5) is 15.3. The quantitative estimate of drug-likeness (QED) is 0.783. The van der Waals surface area contributed by atoms with E-state index < -0.39 is 5.60 Å². The van der Waals surface area contributed by atoms with E-state index in [1.54, 1.807) is 0 Å². The molecule has 1 atom stereocenters. The molecule has 0 aromatic heterocycles. The second kappa shape index (κ2) is 6.53. The highest BCUT2D eigenvalue weighted by Crippen LogP contribution is 2.27. The van der Waals surface area contributed by atoms with Gasteiger partial charge < -0.3 is 9.64 Å². The lowest BCUT2D eigenvalue weighted by atomic mass is 10.2. The predicted molar refractivity (Wildman–Crippen MR) is 83.1 cm³/mol. The summed E-state index contributed by atoms with van der Waals surface area (Å²) in [6, 6.07) is 10.6. The monoisotopic (exact) mass is 293 g/mol. The Labute approximate surface area is 125 Å². The van der Waals surface area contributed by atoms with Gasteiger partial charge in [-0.2, -0.15) is 0 Å². The summed E-state index contributed by atoms with van der Waals surface area (Å²) in [5.41, 5.74) is -0.420. The van der Waals surface area contributed by atoms with Gasteiger partial charge >= 0.3 is 6.09 Å². The first kappa shape index (κ1) is 15.2. The molecule has 0 saturated carbocycles. The van der Waals surface area contributed by atoms with Crippen LogP contribution >= 0.6 is 11.8 Å². The molecule has 3 nitrogen and oxygen atoms in total. The third-order valence-corrected chi connectivity index (χ3v) is 4.35. The van der Waals surface area contributed by atoms with E-state index in [-0.39, 0.29) is 12.1 Å². The minimum absolute atomic E-state index is 0.173. The van der Waals surface area contributed by atoms with E-state index in [1.807, 2.05) is 55.6 Å². The molecule has 1 aliphatic heterocycles. The summed E-state index contributed by atoms with van der Waals surface area (Å²) in [5, 5.41) is 0. The molecule has 0 bridgehead atoms. The number of benzene rings is 1. The van der Waals surface area contributed by atoms with Crippen LogP contribution in [0.4, 0.5) is 4.79 Å². The number of carbonyl (C=O) groups excluding carboxylic acids is 1. The lowest BCUT2D eigenvalue weighted by Crippen LogP contribution is -2.40. The summed E-state index contributed by atoms with van der Waals surface area (Å²) >= 11 is 1.81. The standard InChI is InChI=1S/C16H23NO2S/c1-16(2,3)19-15(18)17-11-7-8-13(17)12-20-14-9-5-4-6-10-14/h4-6,9-10,13H,7-8,11-12H2,1-3H3. The van der Waals surface area contributed by atoms with Gasteiger partial charge in [0, 0.05) is 23.2 Å². The van der Waals surface area contributed by atoms with Gasteiger partial charge in [-0.25, -0.2) is 4.79 Å².